The van der Waals surface area contributed by atoms with Crippen molar-refractivity contribution in [3.63, 3.8) is 0 Å². The summed E-state index contributed by atoms with van der Waals surface area (Å²) in [6, 6.07) is 15.4. The van der Waals surface area contributed by atoms with Crippen LogP contribution >= 0.6 is 11.8 Å². The first kappa shape index (κ1) is 21.1. The molecule has 2 aromatic carbocycles. The number of amides is 2. The van der Waals surface area contributed by atoms with Gasteiger partial charge in [-0.1, -0.05) is 47.2 Å². The van der Waals surface area contributed by atoms with Gasteiger partial charge in [0.15, 0.2) is 5.17 Å². The molecule has 1 aliphatic rings. The van der Waals surface area contributed by atoms with E-state index in [0.717, 1.165) is 22.5 Å². The Morgan fingerprint density at radius 2 is 1.72 bits per heavy atom. The zero-order chi connectivity index (χ0) is 20.8. The second kappa shape index (κ2) is 9.71. The molecule has 0 radical (unpaired) electrons. The third-order valence-electron chi connectivity index (χ3n) is 4.50. The second-order valence-electron chi connectivity index (χ2n) is 6.94. The smallest absolute Gasteiger partial charge is 0.242 e. The van der Waals surface area contributed by atoms with Gasteiger partial charge in [0.05, 0.1) is 18.8 Å². The van der Waals surface area contributed by atoms with Crippen LogP contribution in [0.5, 0.6) is 0 Å². The Hall–Kier alpha value is -2.64. The molecule has 1 heterocycles. The van der Waals surface area contributed by atoms with Crippen molar-refractivity contribution in [3.8, 4) is 0 Å². The fourth-order valence-electron chi connectivity index (χ4n) is 2.86. The molecule has 6 nitrogen and oxygen atoms in total. The van der Waals surface area contributed by atoms with E-state index >= 15 is 0 Å². The summed E-state index contributed by atoms with van der Waals surface area (Å²) in [5.41, 5.74) is 3.76. The lowest BCUT2D eigenvalue weighted by molar-refractivity contribution is -0.128. The van der Waals surface area contributed by atoms with Gasteiger partial charge in [-0.2, -0.15) is 0 Å². The number of anilines is 1. The Balaban J connectivity index is 1.72. The van der Waals surface area contributed by atoms with E-state index in [4.69, 9.17) is 4.74 Å². The van der Waals surface area contributed by atoms with E-state index in [1.807, 2.05) is 62.4 Å². The topological polar surface area (TPSA) is 71.0 Å². The average molecular weight is 412 g/mol. The number of aryl methyl sites for hydroxylation is 2. The first-order valence-electron chi connectivity index (χ1n) is 9.45. The number of rotatable bonds is 7. The number of carbonyl (C=O) groups excluding carboxylic acids is 2. The molecule has 1 aliphatic heterocycles. The molecule has 0 saturated carbocycles. The molecule has 0 unspecified atom stereocenters. The first-order valence-corrected chi connectivity index (χ1v) is 10.3. The molecule has 7 heteroatoms. The van der Waals surface area contributed by atoms with Crippen molar-refractivity contribution < 1.29 is 14.3 Å². The predicted molar refractivity (Wildman–Crippen MR) is 118 cm³/mol. The fourth-order valence-corrected chi connectivity index (χ4v) is 4.04. The summed E-state index contributed by atoms with van der Waals surface area (Å²) in [6.07, 6.45) is 0.0910. The van der Waals surface area contributed by atoms with E-state index in [2.05, 4.69) is 10.3 Å². The summed E-state index contributed by atoms with van der Waals surface area (Å²) in [5.74, 6) is -0.306. The average Bonchev–Trinajstić information content (AvgIpc) is 2.98. The monoisotopic (exact) mass is 411 g/mol. The number of benzene rings is 2. The number of hydrogen-bond acceptors (Lipinski definition) is 5. The summed E-state index contributed by atoms with van der Waals surface area (Å²) >= 11 is 1.33. The lowest BCUT2D eigenvalue weighted by atomic mass is 10.2. The van der Waals surface area contributed by atoms with Crippen molar-refractivity contribution in [2.75, 3.05) is 25.6 Å². The van der Waals surface area contributed by atoms with Crippen LogP contribution in [-0.2, 0) is 14.3 Å². The molecular formula is C22H25N3O3S. The molecule has 0 bridgehead atoms. The van der Waals surface area contributed by atoms with E-state index in [1.165, 1.54) is 11.8 Å². The minimum atomic E-state index is -0.499. The summed E-state index contributed by atoms with van der Waals surface area (Å²) in [7, 11) is 1.59. The Morgan fingerprint density at radius 1 is 1.10 bits per heavy atom. The second-order valence-corrected chi connectivity index (χ2v) is 8.11. The largest absolute Gasteiger partial charge is 0.383 e. The van der Waals surface area contributed by atoms with Crippen LogP contribution in [0.2, 0.25) is 0 Å². The Kier molecular flexibility index (Phi) is 7.06. The van der Waals surface area contributed by atoms with Gasteiger partial charge in [0.2, 0.25) is 11.8 Å². The molecule has 29 heavy (non-hydrogen) atoms. The van der Waals surface area contributed by atoms with Gasteiger partial charge in [-0.3, -0.25) is 14.5 Å². The van der Waals surface area contributed by atoms with E-state index < -0.39 is 5.25 Å². The number of carbonyl (C=O) groups is 2. The first-order chi connectivity index (χ1) is 14.0. The van der Waals surface area contributed by atoms with Gasteiger partial charge in [0.1, 0.15) is 5.25 Å². The van der Waals surface area contributed by atoms with Crippen molar-refractivity contribution in [2.24, 2.45) is 4.99 Å². The summed E-state index contributed by atoms with van der Waals surface area (Å²) in [6.45, 7) is 4.81. The van der Waals surface area contributed by atoms with Crippen molar-refractivity contribution in [3.05, 3.63) is 59.7 Å². The Bertz CT molecular complexity index is 895. The minimum Gasteiger partial charge on any atom is -0.383 e. The highest BCUT2D eigenvalue weighted by Crippen LogP contribution is 2.31. The predicted octanol–water partition coefficient (Wildman–Crippen LogP) is 3.91. The zero-order valence-electron chi connectivity index (χ0n) is 16.8. The normalized spacial score (nSPS) is 17.8. The molecule has 1 fully saturated rings. The molecular weight excluding hydrogens is 386 g/mol. The van der Waals surface area contributed by atoms with E-state index in [1.54, 1.807) is 12.0 Å². The molecule has 1 saturated heterocycles. The highest BCUT2D eigenvalue weighted by Gasteiger charge is 2.39. The van der Waals surface area contributed by atoms with Gasteiger partial charge in [0, 0.05) is 19.2 Å². The van der Waals surface area contributed by atoms with Crippen LogP contribution in [0.4, 0.5) is 11.4 Å². The van der Waals surface area contributed by atoms with Crippen LogP contribution in [0.25, 0.3) is 0 Å². The third kappa shape index (κ3) is 5.68. The van der Waals surface area contributed by atoms with Crippen LogP contribution in [0, 0.1) is 13.8 Å². The number of aliphatic imine (C=N–C) groups is 1. The molecule has 0 spiro atoms. The highest BCUT2D eigenvalue weighted by molar-refractivity contribution is 8.15. The molecule has 3 rings (SSSR count). The van der Waals surface area contributed by atoms with E-state index in [9.17, 15) is 9.59 Å². The third-order valence-corrected chi connectivity index (χ3v) is 5.68. The number of nitrogens with zero attached hydrogens (tertiary/aromatic N) is 2. The quantitative estimate of drug-likeness (QED) is 0.750. The molecule has 0 aliphatic carbocycles. The number of amidine groups is 1. The van der Waals surface area contributed by atoms with Crippen LogP contribution in [0.15, 0.2) is 53.5 Å². The Morgan fingerprint density at radius 3 is 2.34 bits per heavy atom. The summed E-state index contributed by atoms with van der Waals surface area (Å²) in [4.78, 5) is 31.6. The van der Waals surface area contributed by atoms with Gasteiger partial charge in [-0.25, -0.2) is 4.99 Å². The van der Waals surface area contributed by atoms with Crippen molar-refractivity contribution in [1.29, 1.82) is 0 Å². The maximum absolute atomic E-state index is 12.9. The maximum Gasteiger partial charge on any atom is 0.242 e. The minimum absolute atomic E-state index is 0.0910. The van der Waals surface area contributed by atoms with Crippen molar-refractivity contribution in [1.82, 2.24) is 4.90 Å². The summed E-state index contributed by atoms with van der Waals surface area (Å²) in [5, 5.41) is 2.96. The van der Waals surface area contributed by atoms with Crippen LogP contribution in [0.3, 0.4) is 0 Å². The SMILES string of the molecule is COCCN1C(=O)[C@H](CC(=O)Nc2ccc(C)cc2)SC1=Nc1ccc(C)cc1. The van der Waals surface area contributed by atoms with Gasteiger partial charge >= 0.3 is 0 Å². The summed E-state index contributed by atoms with van der Waals surface area (Å²) < 4.78 is 5.13. The molecule has 0 aromatic heterocycles. The maximum atomic E-state index is 12.9. The molecule has 1 N–H and O–H groups in total. The van der Waals surface area contributed by atoms with Crippen LogP contribution in [-0.4, -0.2) is 47.4 Å². The molecule has 152 valence electrons. The number of methoxy groups -OCH3 is 1. The zero-order valence-corrected chi connectivity index (χ0v) is 17.7. The van der Waals surface area contributed by atoms with Crippen molar-refractivity contribution >= 4 is 40.1 Å². The van der Waals surface area contributed by atoms with E-state index in [0.29, 0.717) is 18.3 Å². The van der Waals surface area contributed by atoms with Crippen molar-refractivity contribution in [2.45, 2.75) is 25.5 Å². The van der Waals surface area contributed by atoms with Gasteiger partial charge < -0.3 is 10.1 Å². The lowest BCUT2D eigenvalue weighted by Crippen LogP contribution is -2.35. The molecule has 2 amide bonds. The van der Waals surface area contributed by atoms with Crippen LogP contribution < -0.4 is 5.32 Å². The lowest BCUT2D eigenvalue weighted by Gasteiger charge is -2.15. The van der Waals surface area contributed by atoms with E-state index in [-0.39, 0.29) is 18.2 Å². The number of thioether (sulfide) groups is 1. The van der Waals surface area contributed by atoms with Crippen LogP contribution in [0.1, 0.15) is 17.5 Å². The van der Waals surface area contributed by atoms with Gasteiger partial charge in [-0.05, 0) is 38.1 Å². The number of nitrogens with one attached hydrogen (secondary N) is 1. The fraction of sp³-hybridized carbons (Fsp3) is 0.318. The molecule has 1 atom stereocenters. The van der Waals surface area contributed by atoms with Gasteiger partial charge in [0.25, 0.3) is 0 Å². The standard InChI is InChI=1S/C22H25N3O3S/c1-15-4-8-17(9-5-15)23-20(26)14-19-21(27)25(12-13-28-3)22(29-19)24-18-10-6-16(2)7-11-18/h4-11,19H,12-14H2,1-3H3,(H,23,26)/t19-/m0/s1. The Labute approximate surface area is 175 Å². The van der Waals surface area contributed by atoms with Gasteiger partial charge in [-0.15, -0.1) is 0 Å². The highest BCUT2D eigenvalue weighted by atomic mass is 32.2. The molecule has 2 aromatic rings. The number of ether oxygens (including phenoxy) is 1. The number of hydrogen-bond donors (Lipinski definition) is 1.